The Kier molecular flexibility index (Phi) is 5.95. The van der Waals surface area contributed by atoms with Crippen molar-refractivity contribution < 1.29 is 13.2 Å². The second kappa shape index (κ2) is 7.76. The molecule has 0 heterocycles. The van der Waals surface area contributed by atoms with Gasteiger partial charge in [-0.05, 0) is 49.0 Å². The predicted octanol–water partition coefficient (Wildman–Crippen LogP) is 5.18. The lowest BCUT2D eigenvalue weighted by molar-refractivity contribution is -0.136. The summed E-state index contributed by atoms with van der Waals surface area (Å²) in [5.41, 5.74) is 3.15. The number of nitrogens with one attached hydrogen (secondary N) is 2. The zero-order valence-electron chi connectivity index (χ0n) is 12.5. The van der Waals surface area contributed by atoms with Gasteiger partial charge in [0.15, 0.2) is 5.11 Å². The summed E-state index contributed by atoms with van der Waals surface area (Å²) >= 11 is 8.34. The van der Waals surface area contributed by atoms with Gasteiger partial charge < -0.3 is 5.32 Å². The number of nitrogens with zero attached hydrogens (tertiary/aromatic N) is 1. The van der Waals surface area contributed by atoms with E-state index in [4.69, 9.17) is 12.2 Å². The molecule has 0 radical (unpaired) electrons. The van der Waals surface area contributed by atoms with E-state index in [2.05, 4.69) is 31.8 Å². The molecule has 0 aliphatic heterocycles. The molecule has 0 atom stereocenters. The first-order chi connectivity index (χ1) is 11.3. The van der Waals surface area contributed by atoms with Gasteiger partial charge in [-0.15, -0.1) is 0 Å². The number of rotatable bonds is 3. The van der Waals surface area contributed by atoms with E-state index in [1.807, 2.05) is 24.3 Å². The minimum Gasteiger partial charge on any atom is -0.331 e. The molecule has 24 heavy (non-hydrogen) atoms. The number of benzene rings is 2. The van der Waals surface area contributed by atoms with Gasteiger partial charge in [0, 0.05) is 4.47 Å². The molecular formula is C16H13BrF3N3S. The number of halogens is 4. The van der Waals surface area contributed by atoms with Gasteiger partial charge in [0.05, 0.1) is 17.0 Å². The number of alkyl halides is 3. The van der Waals surface area contributed by atoms with E-state index in [0.717, 1.165) is 16.1 Å². The number of hydrogen-bond acceptors (Lipinski definition) is 2. The third-order valence-corrected chi connectivity index (χ3v) is 3.79. The molecule has 0 aliphatic rings. The van der Waals surface area contributed by atoms with Crippen molar-refractivity contribution in [2.45, 2.75) is 13.1 Å². The quantitative estimate of drug-likeness (QED) is 0.412. The van der Waals surface area contributed by atoms with E-state index >= 15 is 0 Å². The summed E-state index contributed by atoms with van der Waals surface area (Å²) in [5.74, 6) is 0. The number of para-hydroxylation sites is 1. The van der Waals surface area contributed by atoms with E-state index < -0.39 is 11.7 Å². The van der Waals surface area contributed by atoms with Gasteiger partial charge >= 0.3 is 6.18 Å². The van der Waals surface area contributed by atoms with Crippen LogP contribution < -0.4 is 10.7 Å². The molecule has 0 amide bonds. The van der Waals surface area contributed by atoms with Gasteiger partial charge in [-0.2, -0.15) is 18.3 Å². The molecule has 0 aliphatic carbocycles. The molecule has 0 saturated heterocycles. The van der Waals surface area contributed by atoms with E-state index in [1.165, 1.54) is 18.2 Å². The normalized spacial score (nSPS) is 12.0. The largest absolute Gasteiger partial charge is 0.418 e. The van der Waals surface area contributed by atoms with Gasteiger partial charge in [-0.1, -0.05) is 40.2 Å². The maximum atomic E-state index is 12.9. The van der Waals surface area contributed by atoms with Crippen LogP contribution in [0.4, 0.5) is 18.9 Å². The average Bonchev–Trinajstić information content (AvgIpc) is 2.53. The Morgan fingerprint density at radius 2 is 1.71 bits per heavy atom. The van der Waals surface area contributed by atoms with Crippen molar-refractivity contribution in [1.82, 2.24) is 5.43 Å². The maximum absolute atomic E-state index is 12.9. The lowest BCUT2D eigenvalue weighted by atomic mass is 10.1. The van der Waals surface area contributed by atoms with Crippen molar-refractivity contribution >= 4 is 44.7 Å². The van der Waals surface area contributed by atoms with Crippen LogP contribution in [0.3, 0.4) is 0 Å². The molecule has 2 rings (SSSR count). The maximum Gasteiger partial charge on any atom is 0.418 e. The SMILES string of the molecule is CC(=NNC(=S)Nc1ccccc1C(F)(F)F)c1ccc(Br)cc1. The van der Waals surface area contributed by atoms with Crippen molar-refractivity contribution in [3.05, 3.63) is 64.1 Å². The number of hydrogen-bond donors (Lipinski definition) is 2. The molecule has 0 spiro atoms. The van der Waals surface area contributed by atoms with Crippen molar-refractivity contribution in [3.63, 3.8) is 0 Å². The van der Waals surface area contributed by atoms with Crippen LogP contribution in [0.1, 0.15) is 18.1 Å². The molecule has 2 aromatic rings. The monoisotopic (exact) mass is 415 g/mol. The highest BCUT2D eigenvalue weighted by atomic mass is 79.9. The highest BCUT2D eigenvalue weighted by Crippen LogP contribution is 2.34. The summed E-state index contributed by atoms with van der Waals surface area (Å²) in [6, 6.07) is 12.6. The minimum absolute atomic E-state index is 0.0249. The summed E-state index contributed by atoms with van der Waals surface area (Å²) in [4.78, 5) is 0. The summed E-state index contributed by atoms with van der Waals surface area (Å²) in [5, 5.41) is 6.57. The van der Waals surface area contributed by atoms with Crippen molar-refractivity contribution in [3.8, 4) is 0 Å². The van der Waals surface area contributed by atoms with E-state index in [0.29, 0.717) is 5.71 Å². The van der Waals surface area contributed by atoms with Crippen molar-refractivity contribution in [2.75, 3.05) is 5.32 Å². The molecule has 3 nitrogen and oxygen atoms in total. The Hall–Kier alpha value is -1.93. The zero-order valence-corrected chi connectivity index (χ0v) is 14.9. The Morgan fingerprint density at radius 1 is 1.08 bits per heavy atom. The first kappa shape index (κ1) is 18.4. The molecular weight excluding hydrogens is 403 g/mol. The fourth-order valence-electron chi connectivity index (χ4n) is 1.88. The summed E-state index contributed by atoms with van der Waals surface area (Å²) in [6.45, 7) is 1.77. The third-order valence-electron chi connectivity index (χ3n) is 3.07. The van der Waals surface area contributed by atoms with Crippen LogP contribution in [0.15, 0.2) is 58.1 Å². The van der Waals surface area contributed by atoms with Gasteiger partial charge in [-0.25, -0.2) is 0 Å². The van der Waals surface area contributed by atoms with Gasteiger partial charge in [-0.3, -0.25) is 5.43 Å². The number of anilines is 1. The first-order valence-electron chi connectivity index (χ1n) is 6.81. The fourth-order valence-corrected chi connectivity index (χ4v) is 2.30. The van der Waals surface area contributed by atoms with E-state index in [1.54, 1.807) is 6.92 Å². The van der Waals surface area contributed by atoms with E-state index in [-0.39, 0.29) is 10.8 Å². The van der Waals surface area contributed by atoms with Gasteiger partial charge in [0.1, 0.15) is 0 Å². The fraction of sp³-hybridized carbons (Fsp3) is 0.125. The highest BCUT2D eigenvalue weighted by molar-refractivity contribution is 9.10. The van der Waals surface area contributed by atoms with Crippen LogP contribution in [0.5, 0.6) is 0 Å². The third kappa shape index (κ3) is 5.04. The Labute approximate surface area is 151 Å². The average molecular weight is 416 g/mol. The summed E-state index contributed by atoms with van der Waals surface area (Å²) in [7, 11) is 0. The molecule has 0 fully saturated rings. The molecule has 0 unspecified atom stereocenters. The van der Waals surface area contributed by atoms with Crippen LogP contribution >= 0.6 is 28.1 Å². The van der Waals surface area contributed by atoms with Crippen LogP contribution in [-0.4, -0.2) is 10.8 Å². The van der Waals surface area contributed by atoms with Crippen LogP contribution in [-0.2, 0) is 6.18 Å². The van der Waals surface area contributed by atoms with Crippen LogP contribution in [0.25, 0.3) is 0 Å². The standard InChI is InChI=1S/C16H13BrF3N3S/c1-10(11-6-8-12(17)9-7-11)22-23-15(24)21-14-5-3-2-4-13(14)16(18,19)20/h2-9H,1H3,(H2,21,23,24). The molecule has 2 N–H and O–H groups in total. The Bertz CT molecular complexity index is 758. The molecule has 8 heteroatoms. The first-order valence-corrected chi connectivity index (χ1v) is 8.01. The topological polar surface area (TPSA) is 36.4 Å². The Morgan fingerprint density at radius 3 is 2.33 bits per heavy atom. The van der Waals surface area contributed by atoms with Crippen LogP contribution in [0, 0.1) is 0 Å². The van der Waals surface area contributed by atoms with Crippen molar-refractivity contribution in [1.29, 1.82) is 0 Å². The lowest BCUT2D eigenvalue weighted by Gasteiger charge is -2.14. The second-order valence-electron chi connectivity index (χ2n) is 4.81. The molecule has 2 aromatic carbocycles. The van der Waals surface area contributed by atoms with E-state index in [9.17, 15) is 13.2 Å². The minimum atomic E-state index is -4.46. The molecule has 126 valence electrons. The smallest absolute Gasteiger partial charge is 0.331 e. The van der Waals surface area contributed by atoms with Crippen molar-refractivity contribution in [2.24, 2.45) is 5.10 Å². The van der Waals surface area contributed by atoms with Gasteiger partial charge in [0.2, 0.25) is 0 Å². The zero-order chi connectivity index (χ0) is 17.7. The lowest BCUT2D eigenvalue weighted by Crippen LogP contribution is -2.26. The summed E-state index contributed by atoms with van der Waals surface area (Å²) < 4.78 is 39.7. The summed E-state index contributed by atoms with van der Waals surface area (Å²) in [6.07, 6.45) is -4.46. The number of thiocarbonyl (C=S) groups is 1. The highest BCUT2D eigenvalue weighted by Gasteiger charge is 2.33. The van der Waals surface area contributed by atoms with Crippen LogP contribution in [0.2, 0.25) is 0 Å². The molecule has 0 saturated carbocycles. The number of hydrazone groups is 1. The second-order valence-corrected chi connectivity index (χ2v) is 6.14. The predicted molar refractivity (Wildman–Crippen MR) is 97.2 cm³/mol. The Balaban J connectivity index is 2.06. The van der Waals surface area contributed by atoms with Gasteiger partial charge in [0.25, 0.3) is 0 Å². The molecule has 0 aromatic heterocycles. The molecule has 0 bridgehead atoms.